The van der Waals surface area contributed by atoms with Gasteiger partial charge in [-0.3, -0.25) is 0 Å². The Balaban J connectivity index is 2.14. The minimum atomic E-state index is -0.447. The maximum Gasteiger partial charge on any atom is 0.111 e. The Labute approximate surface area is 93.0 Å². The number of aryl methyl sites for hydroxylation is 2. The molecule has 80 valence electrons. The van der Waals surface area contributed by atoms with Crippen molar-refractivity contribution >= 4 is 11.3 Å². The molecule has 1 unspecified atom stereocenters. The highest BCUT2D eigenvalue weighted by Gasteiger charge is 2.13. The molecule has 2 aromatic heterocycles. The minimum absolute atomic E-state index is 0.447. The molecule has 0 saturated carbocycles. The van der Waals surface area contributed by atoms with Crippen LogP contribution in [0.25, 0.3) is 0 Å². The Hall–Kier alpha value is -1.13. The maximum atomic E-state index is 10.0. The predicted molar refractivity (Wildman–Crippen MR) is 60.9 cm³/mol. The quantitative estimate of drug-likeness (QED) is 0.863. The second kappa shape index (κ2) is 4.16. The molecule has 1 atom stereocenters. The summed E-state index contributed by atoms with van der Waals surface area (Å²) in [5.41, 5.74) is 2.17. The maximum absolute atomic E-state index is 10.0. The molecule has 0 radical (unpaired) electrons. The fourth-order valence-corrected chi connectivity index (χ4v) is 2.49. The number of nitrogens with zero attached hydrogens (tertiary/aromatic N) is 2. The van der Waals surface area contributed by atoms with Crippen LogP contribution >= 0.6 is 11.3 Å². The summed E-state index contributed by atoms with van der Waals surface area (Å²) in [5.74, 6) is 0.910. The first-order chi connectivity index (χ1) is 7.18. The number of hydrogen-bond donors (Lipinski definition) is 1. The molecule has 0 saturated heterocycles. The van der Waals surface area contributed by atoms with Crippen molar-refractivity contribution in [3.05, 3.63) is 40.1 Å². The number of aromatic nitrogens is 2. The third-order valence-electron chi connectivity index (χ3n) is 2.55. The van der Waals surface area contributed by atoms with E-state index in [1.54, 1.807) is 17.5 Å². The summed E-state index contributed by atoms with van der Waals surface area (Å²) in [5, 5.41) is 14.1. The van der Waals surface area contributed by atoms with Crippen molar-refractivity contribution in [2.45, 2.75) is 19.4 Å². The number of aliphatic hydroxyl groups is 1. The molecule has 0 fully saturated rings. The Morgan fingerprint density at radius 3 is 2.87 bits per heavy atom. The third-order valence-corrected chi connectivity index (χ3v) is 3.43. The lowest BCUT2D eigenvalue weighted by molar-refractivity contribution is 0.174. The Kier molecular flexibility index (Phi) is 2.88. The molecule has 0 aliphatic carbocycles. The van der Waals surface area contributed by atoms with Crippen LogP contribution in [0.2, 0.25) is 0 Å². The van der Waals surface area contributed by atoms with Crippen molar-refractivity contribution in [3.8, 4) is 0 Å². The van der Waals surface area contributed by atoms with Crippen LogP contribution in [0.15, 0.2) is 23.2 Å². The average molecular weight is 222 g/mol. The summed E-state index contributed by atoms with van der Waals surface area (Å²) >= 11 is 1.62. The van der Waals surface area contributed by atoms with Crippen molar-refractivity contribution in [1.82, 2.24) is 9.55 Å². The monoisotopic (exact) mass is 222 g/mol. The molecular formula is C11H14N2OS. The van der Waals surface area contributed by atoms with E-state index in [1.165, 1.54) is 0 Å². The van der Waals surface area contributed by atoms with Gasteiger partial charge in [0, 0.05) is 25.9 Å². The molecule has 4 heteroatoms. The van der Waals surface area contributed by atoms with Crippen LogP contribution in [0.3, 0.4) is 0 Å². The van der Waals surface area contributed by atoms with E-state index in [0.717, 1.165) is 17.0 Å². The minimum Gasteiger partial charge on any atom is -0.388 e. The van der Waals surface area contributed by atoms with E-state index < -0.39 is 6.10 Å². The van der Waals surface area contributed by atoms with Crippen LogP contribution in [0.1, 0.15) is 23.1 Å². The number of hydrogen-bond acceptors (Lipinski definition) is 3. The molecule has 2 aromatic rings. The second-order valence-corrected chi connectivity index (χ2v) is 4.43. The summed E-state index contributed by atoms with van der Waals surface area (Å²) in [6.45, 7) is 2.02. The van der Waals surface area contributed by atoms with Crippen molar-refractivity contribution in [2.75, 3.05) is 0 Å². The molecular weight excluding hydrogens is 208 g/mol. The summed E-state index contributed by atoms with van der Waals surface area (Å²) < 4.78 is 1.94. The summed E-state index contributed by atoms with van der Waals surface area (Å²) in [7, 11) is 1.94. The van der Waals surface area contributed by atoms with Gasteiger partial charge in [0.1, 0.15) is 5.82 Å². The summed E-state index contributed by atoms with van der Waals surface area (Å²) in [6.07, 6.45) is 3.77. The number of rotatable bonds is 3. The lowest BCUT2D eigenvalue weighted by Crippen LogP contribution is -2.06. The van der Waals surface area contributed by atoms with Crippen molar-refractivity contribution < 1.29 is 5.11 Å². The fraction of sp³-hybridized carbons (Fsp3) is 0.364. The van der Waals surface area contributed by atoms with E-state index in [2.05, 4.69) is 10.4 Å². The number of aliphatic hydroxyl groups excluding tert-OH is 1. The number of imidazole rings is 1. The zero-order valence-electron chi connectivity index (χ0n) is 8.84. The summed E-state index contributed by atoms with van der Waals surface area (Å²) in [6, 6.07) is 0. The Morgan fingerprint density at radius 1 is 1.53 bits per heavy atom. The Bertz CT molecular complexity index is 447. The van der Waals surface area contributed by atoms with Crippen molar-refractivity contribution in [2.24, 2.45) is 7.05 Å². The standard InChI is InChI=1S/C11H14N2OS/c1-8-6-15-7-9(8)10(14)5-11-12-3-4-13(11)2/h3-4,6-7,10,14H,5H2,1-2H3. The van der Waals surface area contributed by atoms with Crippen LogP contribution in [0, 0.1) is 6.92 Å². The van der Waals surface area contributed by atoms with E-state index in [4.69, 9.17) is 0 Å². The van der Waals surface area contributed by atoms with Gasteiger partial charge in [0.15, 0.2) is 0 Å². The van der Waals surface area contributed by atoms with Gasteiger partial charge in [-0.15, -0.1) is 0 Å². The van der Waals surface area contributed by atoms with Crippen molar-refractivity contribution in [3.63, 3.8) is 0 Å². The largest absolute Gasteiger partial charge is 0.388 e. The van der Waals surface area contributed by atoms with E-state index in [0.29, 0.717) is 6.42 Å². The zero-order valence-corrected chi connectivity index (χ0v) is 9.66. The van der Waals surface area contributed by atoms with E-state index in [-0.39, 0.29) is 0 Å². The molecule has 2 rings (SSSR count). The van der Waals surface area contributed by atoms with Crippen LogP contribution < -0.4 is 0 Å². The SMILES string of the molecule is Cc1cscc1C(O)Cc1nccn1C. The van der Waals surface area contributed by atoms with Crippen molar-refractivity contribution in [1.29, 1.82) is 0 Å². The lowest BCUT2D eigenvalue weighted by Gasteiger charge is -2.10. The molecule has 2 heterocycles. The average Bonchev–Trinajstić information content (AvgIpc) is 2.76. The first-order valence-electron chi connectivity index (χ1n) is 4.85. The fourth-order valence-electron chi connectivity index (χ4n) is 1.59. The van der Waals surface area contributed by atoms with Gasteiger partial charge in [-0.1, -0.05) is 0 Å². The number of thiophene rings is 1. The molecule has 0 amide bonds. The van der Waals surface area contributed by atoms with Crippen LogP contribution in [0.4, 0.5) is 0 Å². The summed E-state index contributed by atoms with van der Waals surface area (Å²) in [4.78, 5) is 4.20. The van der Waals surface area contributed by atoms with Gasteiger partial charge in [-0.2, -0.15) is 11.3 Å². The van der Waals surface area contributed by atoms with Crippen LogP contribution in [0.5, 0.6) is 0 Å². The predicted octanol–water partition coefficient (Wildman–Crippen LogP) is 2.07. The van der Waals surface area contributed by atoms with Gasteiger partial charge in [0.25, 0.3) is 0 Å². The molecule has 0 aromatic carbocycles. The smallest absolute Gasteiger partial charge is 0.111 e. The van der Waals surface area contributed by atoms with Gasteiger partial charge in [0.05, 0.1) is 6.10 Å². The van der Waals surface area contributed by atoms with Crippen LogP contribution in [-0.2, 0) is 13.5 Å². The van der Waals surface area contributed by atoms with Crippen LogP contribution in [-0.4, -0.2) is 14.7 Å². The highest BCUT2D eigenvalue weighted by molar-refractivity contribution is 7.08. The van der Waals surface area contributed by atoms with E-state index in [9.17, 15) is 5.11 Å². The van der Waals surface area contributed by atoms with Gasteiger partial charge in [0.2, 0.25) is 0 Å². The highest BCUT2D eigenvalue weighted by Crippen LogP contribution is 2.23. The van der Waals surface area contributed by atoms with E-state index >= 15 is 0 Å². The van der Waals surface area contributed by atoms with Gasteiger partial charge in [-0.05, 0) is 28.8 Å². The first kappa shape index (κ1) is 10.4. The molecule has 3 nitrogen and oxygen atoms in total. The van der Waals surface area contributed by atoms with E-state index in [1.807, 2.05) is 30.1 Å². The molecule has 0 aliphatic rings. The topological polar surface area (TPSA) is 38.1 Å². The Morgan fingerprint density at radius 2 is 2.33 bits per heavy atom. The lowest BCUT2D eigenvalue weighted by atomic mass is 10.1. The van der Waals surface area contributed by atoms with Gasteiger partial charge in [-0.25, -0.2) is 4.98 Å². The molecule has 1 N–H and O–H groups in total. The molecule has 0 spiro atoms. The normalized spacial score (nSPS) is 13.0. The molecule has 0 bridgehead atoms. The second-order valence-electron chi connectivity index (χ2n) is 3.68. The highest BCUT2D eigenvalue weighted by atomic mass is 32.1. The third kappa shape index (κ3) is 2.11. The molecule has 0 aliphatic heterocycles. The molecule has 15 heavy (non-hydrogen) atoms. The first-order valence-corrected chi connectivity index (χ1v) is 5.79. The zero-order chi connectivity index (χ0) is 10.8. The van der Waals surface area contributed by atoms with Gasteiger partial charge < -0.3 is 9.67 Å². The van der Waals surface area contributed by atoms with Gasteiger partial charge >= 0.3 is 0 Å².